The Morgan fingerprint density at radius 2 is 0.840 bits per heavy atom. The van der Waals surface area contributed by atoms with Crippen molar-refractivity contribution in [3.8, 4) is 0 Å². The number of halogens is 6. The second kappa shape index (κ2) is 6.59. The fraction of sp³-hybridized carbons (Fsp3) is 0.333. The van der Waals surface area contributed by atoms with Gasteiger partial charge in [0.1, 0.15) is 9.49 Å². The molecule has 0 amide bonds. The molecule has 2 rings (SSSR count). The number of rotatable bonds is 4. The Labute approximate surface area is 146 Å². The maximum Gasteiger partial charge on any atom is 0.406 e. The van der Waals surface area contributed by atoms with Crippen LogP contribution in [0.5, 0.6) is 0 Å². The number of thioether (sulfide) groups is 1. The average molecular weight is 378 g/mol. The van der Waals surface area contributed by atoms with Crippen LogP contribution in [0.1, 0.15) is 25.0 Å². The van der Waals surface area contributed by atoms with Crippen molar-refractivity contribution in [1.29, 1.82) is 0 Å². The quantitative estimate of drug-likeness (QED) is 0.535. The van der Waals surface area contributed by atoms with Crippen LogP contribution >= 0.6 is 11.8 Å². The van der Waals surface area contributed by atoms with Gasteiger partial charge in [0.05, 0.1) is 0 Å². The molecule has 0 spiro atoms. The molecule has 2 aromatic carbocycles. The van der Waals surface area contributed by atoms with E-state index in [1.165, 1.54) is 60.7 Å². The molecule has 0 N–H and O–H groups in total. The van der Waals surface area contributed by atoms with E-state index in [9.17, 15) is 26.3 Å². The van der Waals surface area contributed by atoms with Crippen LogP contribution in [0.25, 0.3) is 0 Å². The molecule has 0 aromatic heterocycles. The minimum Gasteiger partial charge on any atom is -0.169 e. The van der Waals surface area contributed by atoms with Gasteiger partial charge in [-0.25, -0.2) is 0 Å². The lowest BCUT2D eigenvalue weighted by Gasteiger charge is -2.41. The Morgan fingerprint density at radius 3 is 1.08 bits per heavy atom. The molecule has 0 fully saturated rings. The summed E-state index contributed by atoms with van der Waals surface area (Å²) in [6.45, 7) is 1.58. The van der Waals surface area contributed by atoms with Gasteiger partial charge in [-0.2, -0.15) is 26.3 Å². The van der Waals surface area contributed by atoms with Crippen LogP contribution in [0.2, 0.25) is 0 Å². The Kier molecular flexibility index (Phi) is 5.19. The summed E-state index contributed by atoms with van der Waals surface area (Å²) in [5.41, 5.74) is -0.446. The first-order chi connectivity index (χ1) is 11.4. The van der Waals surface area contributed by atoms with Crippen LogP contribution < -0.4 is 0 Å². The lowest BCUT2D eigenvalue weighted by Crippen LogP contribution is -2.45. The molecule has 136 valence electrons. The first kappa shape index (κ1) is 19.7. The van der Waals surface area contributed by atoms with Crippen LogP contribution in [0, 0.1) is 0 Å². The zero-order valence-electron chi connectivity index (χ0n) is 13.4. The molecule has 0 saturated heterocycles. The summed E-state index contributed by atoms with van der Waals surface area (Å²) in [6, 6.07) is 13.4. The van der Waals surface area contributed by atoms with E-state index in [0.29, 0.717) is 0 Å². The molecule has 0 heterocycles. The number of benzene rings is 2. The standard InChI is InChI=1S/C18H16F6S/c1-15(17(19,20)21,13-9-5-3-6-10-13)25-16(2,18(22,23)24)14-11-7-4-8-12-14/h3-12H,1-2H3. The van der Waals surface area contributed by atoms with Crippen molar-refractivity contribution in [2.45, 2.75) is 35.7 Å². The normalized spacial score (nSPS) is 17.6. The Morgan fingerprint density at radius 1 is 0.560 bits per heavy atom. The zero-order valence-corrected chi connectivity index (χ0v) is 14.3. The molecule has 7 heteroatoms. The predicted octanol–water partition coefficient (Wildman–Crippen LogP) is 6.68. The van der Waals surface area contributed by atoms with Crippen LogP contribution in [0.4, 0.5) is 26.3 Å². The first-order valence-corrected chi connectivity index (χ1v) is 8.18. The van der Waals surface area contributed by atoms with Crippen molar-refractivity contribution in [2.24, 2.45) is 0 Å². The third-order valence-corrected chi connectivity index (χ3v) is 5.89. The van der Waals surface area contributed by atoms with Gasteiger partial charge < -0.3 is 0 Å². The summed E-state index contributed by atoms with van der Waals surface area (Å²) in [7, 11) is 0. The Hall–Kier alpha value is -1.63. The molecule has 0 nitrogen and oxygen atoms in total. The van der Waals surface area contributed by atoms with Crippen molar-refractivity contribution in [2.75, 3.05) is 0 Å². The highest BCUT2D eigenvalue weighted by molar-refractivity contribution is 8.01. The van der Waals surface area contributed by atoms with Crippen LogP contribution in [-0.2, 0) is 9.49 Å². The van der Waals surface area contributed by atoms with E-state index in [0.717, 1.165) is 13.8 Å². The van der Waals surface area contributed by atoms with Gasteiger partial charge in [0.2, 0.25) is 0 Å². The van der Waals surface area contributed by atoms with Gasteiger partial charge in [0, 0.05) is 0 Å². The molecule has 0 saturated carbocycles. The zero-order chi connectivity index (χ0) is 18.9. The lowest BCUT2D eigenvalue weighted by atomic mass is 9.98. The maximum atomic E-state index is 13.8. The molecule has 0 aliphatic carbocycles. The highest BCUT2D eigenvalue weighted by Gasteiger charge is 2.62. The second-order valence-corrected chi connectivity index (χ2v) is 7.73. The lowest BCUT2D eigenvalue weighted by molar-refractivity contribution is -0.167. The summed E-state index contributed by atoms with van der Waals surface area (Å²) in [4.78, 5) is 0. The summed E-state index contributed by atoms with van der Waals surface area (Å²) in [6.07, 6.45) is -9.75. The first-order valence-electron chi connectivity index (χ1n) is 7.36. The monoisotopic (exact) mass is 378 g/mol. The second-order valence-electron chi connectivity index (χ2n) is 5.90. The molecule has 25 heavy (non-hydrogen) atoms. The molecular formula is C18H16F6S. The van der Waals surface area contributed by atoms with Crippen LogP contribution in [-0.4, -0.2) is 12.4 Å². The van der Waals surface area contributed by atoms with Gasteiger partial charge in [-0.15, -0.1) is 11.8 Å². The van der Waals surface area contributed by atoms with Gasteiger partial charge >= 0.3 is 12.4 Å². The topological polar surface area (TPSA) is 0 Å². The minimum atomic E-state index is -4.87. The van der Waals surface area contributed by atoms with Crippen molar-refractivity contribution in [3.05, 3.63) is 71.8 Å². The summed E-state index contributed by atoms with van der Waals surface area (Å²) in [5, 5.41) is 0. The van der Waals surface area contributed by atoms with Gasteiger partial charge in [-0.05, 0) is 25.0 Å². The van der Waals surface area contributed by atoms with E-state index in [1.807, 2.05) is 0 Å². The van der Waals surface area contributed by atoms with E-state index < -0.39 is 21.8 Å². The fourth-order valence-electron chi connectivity index (χ4n) is 2.48. The number of alkyl halides is 6. The Bertz CT molecular complexity index is 634. The number of hydrogen-bond acceptors (Lipinski definition) is 1. The van der Waals surface area contributed by atoms with Gasteiger partial charge in [-0.1, -0.05) is 60.7 Å². The van der Waals surface area contributed by atoms with E-state index in [2.05, 4.69) is 0 Å². The highest BCUT2D eigenvalue weighted by Crippen LogP contribution is 2.61. The van der Waals surface area contributed by atoms with Crippen LogP contribution in [0.3, 0.4) is 0 Å². The molecule has 0 aliphatic heterocycles. The smallest absolute Gasteiger partial charge is 0.169 e. The van der Waals surface area contributed by atoms with Crippen molar-refractivity contribution >= 4 is 11.8 Å². The van der Waals surface area contributed by atoms with Gasteiger partial charge in [0.25, 0.3) is 0 Å². The van der Waals surface area contributed by atoms with Crippen molar-refractivity contribution in [3.63, 3.8) is 0 Å². The molecule has 2 atom stereocenters. The van der Waals surface area contributed by atoms with Crippen LogP contribution in [0.15, 0.2) is 60.7 Å². The van der Waals surface area contributed by atoms with Gasteiger partial charge in [0.15, 0.2) is 0 Å². The predicted molar refractivity (Wildman–Crippen MR) is 87.3 cm³/mol. The number of hydrogen-bond donors (Lipinski definition) is 0. The summed E-state index contributed by atoms with van der Waals surface area (Å²) < 4.78 is 77.6. The third kappa shape index (κ3) is 3.66. The van der Waals surface area contributed by atoms with E-state index in [-0.39, 0.29) is 22.9 Å². The molecule has 2 unspecified atom stereocenters. The van der Waals surface area contributed by atoms with Crippen molar-refractivity contribution < 1.29 is 26.3 Å². The summed E-state index contributed by atoms with van der Waals surface area (Å²) in [5.74, 6) is 0. The summed E-state index contributed by atoms with van der Waals surface area (Å²) >= 11 is -0.135. The molecule has 0 bridgehead atoms. The maximum absolute atomic E-state index is 13.8. The molecule has 2 aromatic rings. The third-order valence-electron chi connectivity index (χ3n) is 4.14. The largest absolute Gasteiger partial charge is 0.406 e. The van der Waals surface area contributed by atoms with E-state index >= 15 is 0 Å². The fourth-order valence-corrected chi connectivity index (χ4v) is 4.04. The highest BCUT2D eigenvalue weighted by atomic mass is 32.2. The average Bonchev–Trinajstić information content (AvgIpc) is 2.54. The SMILES string of the molecule is CC(SC(C)(c1ccccc1)C(F)(F)F)(c1ccccc1)C(F)(F)F. The van der Waals surface area contributed by atoms with Gasteiger partial charge in [-0.3, -0.25) is 0 Å². The Balaban J connectivity index is 2.63. The molecule has 0 aliphatic rings. The van der Waals surface area contributed by atoms with E-state index in [4.69, 9.17) is 0 Å². The van der Waals surface area contributed by atoms with E-state index in [1.54, 1.807) is 0 Å². The van der Waals surface area contributed by atoms with Crippen molar-refractivity contribution in [1.82, 2.24) is 0 Å². The molecule has 0 radical (unpaired) electrons. The molecular weight excluding hydrogens is 362 g/mol. The minimum absolute atomic E-state index is 0.135.